The van der Waals surface area contributed by atoms with Crippen molar-refractivity contribution in [2.45, 2.75) is 0 Å². The molecule has 0 spiro atoms. The maximum absolute atomic E-state index is 12.4. The molecule has 0 aliphatic carbocycles. The highest BCUT2D eigenvalue weighted by molar-refractivity contribution is 8.18. The molecular weight excluding hydrogens is 324 g/mol. The van der Waals surface area contributed by atoms with E-state index in [2.05, 4.69) is 0 Å². The number of amides is 2. The Balaban J connectivity index is 1.76. The number of hydrogen-bond acceptors (Lipinski definition) is 5. The Morgan fingerprint density at radius 2 is 1.71 bits per heavy atom. The fourth-order valence-electron chi connectivity index (χ4n) is 2.24. The number of imide groups is 1. The van der Waals surface area contributed by atoms with Crippen molar-refractivity contribution in [3.63, 3.8) is 0 Å². The summed E-state index contributed by atoms with van der Waals surface area (Å²) >= 11 is 0.843. The van der Waals surface area contributed by atoms with Gasteiger partial charge in [-0.3, -0.25) is 19.3 Å². The fraction of sp³-hybridized carbons (Fsp3) is 0.0556. The first-order valence-corrected chi connectivity index (χ1v) is 8.05. The van der Waals surface area contributed by atoms with Crippen molar-refractivity contribution in [2.75, 3.05) is 12.3 Å². The van der Waals surface area contributed by atoms with Crippen LogP contribution in [0, 0.1) is 0 Å². The Labute approximate surface area is 143 Å². The molecule has 6 heteroatoms. The maximum Gasteiger partial charge on any atom is 0.293 e. The van der Waals surface area contributed by atoms with E-state index in [1.54, 1.807) is 30.3 Å². The van der Waals surface area contributed by atoms with Gasteiger partial charge in [-0.15, -0.1) is 0 Å². The first kappa shape index (κ1) is 16.0. The van der Waals surface area contributed by atoms with Gasteiger partial charge in [0.15, 0.2) is 5.78 Å². The van der Waals surface area contributed by atoms with Crippen molar-refractivity contribution < 1.29 is 14.4 Å². The maximum atomic E-state index is 12.4. The number of nitrogens with zero attached hydrogens (tertiary/aromatic N) is 1. The highest BCUT2D eigenvalue weighted by Crippen LogP contribution is 2.32. The van der Waals surface area contributed by atoms with Crippen LogP contribution in [0.2, 0.25) is 0 Å². The van der Waals surface area contributed by atoms with Crippen molar-refractivity contribution in [2.24, 2.45) is 0 Å². The lowest BCUT2D eigenvalue weighted by Crippen LogP contribution is -2.33. The number of benzene rings is 2. The molecule has 5 nitrogen and oxygen atoms in total. The summed E-state index contributed by atoms with van der Waals surface area (Å²) in [4.78, 5) is 38.0. The van der Waals surface area contributed by atoms with Crippen molar-refractivity contribution in [1.82, 2.24) is 4.90 Å². The zero-order valence-corrected chi connectivity index (χ0v) is 13.5. The van der Waals surface area contributed by atoms with Gasteiger partial charge < -0.3 is 5.73 Å². The van der Waals surface area contributed by atoms with Crippen molar-refractivity contribution in [3.8, 4) is 0 Å². The number of carbonyl (C=O) groups excluding carboxylic acids is 3. The van der Waals surface area contributed by atoms with E-state index in [1.807, 2.05) is 30.3 Å². The van der Waals surface area contributed by atoms with Crippen LogP contribution in [-0.4, -0.2) is 28.4 Å². The molecule has 0 aromatic heterocycles. The van der Waals surface area contributed by atoms with Crippen LogP contribution < -0.4 is 5.73 Å². The first-order chi connectivity index (χ1) is 11.5. The minimum Gasteiger partial charge on any atom is -0.399 e. The third kappa shape index (κ3) is 3.38. The molecular formula is C18H14N2O3S. The third-order valence-electron chi connectivity index (χ3n) is 3.51. The molecule has 2 aromatic carbocycles. The second-order valence-electron chi connectivity index (χ2n) is 5.22. The quantitative estimate of drug-likeness (QED) is 0.526. The third-order valence-corrected chi connectivity index (χ3v) is 4.41. The summed E-state index contributed by atoms with van der Waals surface area (Å²) < 4.78 is 0. The summed E-state index contributed by atoms with van der Waals surface area (Å²) in [5.41, 5.74) is 7.37. The monoisotopic (exact) mass is 338 g/mol. The van der Waals surface area contributed by atoms with E-state index < -0.39 is 11.1 Å². The minimum absolute atomic E-state index is 0.277. The predicted octanol–water partition coefficient (Wildman–Crippen LogP) is 3.19. The number of rotatable bonds is 4. The average molecular weight is 338 g/mol. The standard InChI is InChI=1S/C18H14N2O3S/c19-14-8-6-13(7-9-14)15(21)11-20-17(22)16(24-18(20)23)10-12-4-2-1-3-5-12/h1-10H,11,19H2. The lowest BCUT2D eigenvalue weighted by molar-refractivity contribution is -0.122. The van der Waals surface area contributed by atoms with Crippen molar-refractivity contribution in [1.29, 1.82) is 0 Å². The SMILES string of the molecule is Nc1ccc(C(=O)CN2C(=O)SC(=Cc3ccccc3)C2=O)cc1. The Kier molecular flexibility index (Phi) is 4.48. The first-order valence-electron chi connectivity index (χ1n) is 7.24. The molecule has 0 radical (unpaired) electrons. The second kappa shape index (κ2) is 6.72. The van der Waals surface area contributed by atoms with Gasteiger partial charge in [0.1, 0.15) is 0 Å². The lowest BCUT2D eigenvalue weighted by Gasteiger charge is -2.11. The highest BCUT2D eigenvalue weighted by Gasteiger charge is 2.36. The predicted molar refractivity (Wildman–Crippen MR) is 94.3 cm³/mol. The summed E-state index contributed by atoms with van der Waals surface area (Å²) in [5, 5.41) is -0.439. The van der Waals surface area contributed by atoms with Crippen LogP contribution in [0.3, 0.4) is 0 Å². The van der Waals surface area contributed by atoms with Crippen LogP contribution in [0.25, 0.3) is 6.08 Å². The van der Waals surface area contributed by atoms with Crippen LogP contribution in [0.4, 0.5) is 10.5 Å². The molecule has 120 valence electrons. The van der Waals surface area contributed by atoms with E-state index in [0.29, 0.717) is 16.2 Å². The smallest absolute Gasteiger partial charge is 0.293 e. The number of hydrogen-bond donors (Lipinski definition) is 1. The summed E-state index contributed by atoms with van der Waals surface area (Å²) in [6.07, 6.45) is 1.65. The van der Waals surface area contributed by atoms with Gasteiger partial charge in [-0.05, 0) is 47.7 Å². The molecule has 1 fully saturated rings. The van der Waals surface area contributed by atoms with E-state index in [-0.39, 0.29) is 12.3 Å². The Hall–Kier alpha value is -2.86. The number of carbonyl (C=O) groups is 3. The number of nitrogens with two attached hydrogens (primary N) is 1. The molecule has 3 rings (SSSR count). The topological polar surface area (TPSA) is 80.5 Å². The molecule has 0 unspecified atom stereocenters. The Morgan fingerprint density at radius 1 is 1.04 bits per heavy atom. The van der Waals surface area contributed by atoms with Crippen molar-refractivity contribution in [3.05, 3.63) is 70.6 Å². The number of nitrogen functional groups attached to an aromatic ring is 1. The van der Waals surface area contributed by atoms with E-state index in [1.165, 1.54) is 0 Å². The van der Waals surface area contributed by atoms with Crippen LogP contribution in [-0.2, 0) is 4.79 Å². The summed E-state index contributed by atoms with van der Waals surface area (Å²) in [6.45, 7) is -0.277. The average Bonchev–Trinajstić information content (AvgIpc) is 2.84. The van der Waals surface area contributed by atoms with Crippen LogP contribution in [0.5, 0.6) is 0 Å². The largest absolute Gasteiger partial charge is 0.399 e. The fourth-order valence-corrected chi connectivity index (χ4v) is 3.08. The van der Waals surface area contributed by atoms with Gasteiger partial charge in [0, 0.05) is 11.3 Å². The van der Waals surface area contributed by atoms with Crippen LogP contribution in [0.1, 0.15) is 15.9 Å². The van der Waals surface area contributed by atoms with E-state index >= 15 is 0 Å². The van der Waals surface area contributed by atoms with Crippen molar-refractivity contribution >= 4 is 40.5 Å². The van der Waals surface area contributed by atoms with Gasteiger partial charge in [0.05, 0.1) is 11.4 Å². The molecule has 24 heavy (non-hydrogen) atoms. The lowest BCUT2D eigenvalue weighted by atomic mass is 10.1. The second-order valence-corrected chi connectivity index (χ2v) is 6.22. The molecule has 1 aliphatic heterocycles. The van der Waals surface area contributed by atoms with E-state index in [0.717, 1.165) is 22.2 Å². The summed E-state index contributed by atoms with van der Waals surface area (Å²) in [6, 6.07) is 15.6. The van der Waals surface area contributed by atoms with Gasteiger partial charge in [0.2, 0.25) is 0 Å². The van der Waals surface area contributed by atoms with Gasteiger partial charge in [0.25, 0.3) is 11.1 Å². The van der Waals surface area contributed by atoms with Crippen LogP contribution in [0.15, 0.2) is 59.5 Å². The molecule has 1 aliphatic rings. The summed E-state index contributed by atoms with van der Waals surface area (Å²) in [5.74, 6) is -0.754. The molecule has 2 N–H and O–H groups in total. The van der Waals surface area contributed by atoms with E-state index in [9.17, 15) is 14.4 Å². The minimum atomic E-state index is -0.447. The number of anilines is 1. The normalized spacial score (nSPS) is 16.0. The Bertz CT molecular complexity index is 829. The molecule has 2 amide bonds. The van der Waals surface area contributed by atoms with Gasteiger partial charge >= 0.3 is 0 Å². The van der Waals surface area contributed by atoms with Gasteiger partial charge in [-0.25, -0.2) is 0 Å². The number of thioether (sulfide) groups is 1. The highest BCUT2D eigenvalue weighted by atomic mass is 32.2. The molecule has 0 bridgehead atoms. The molecule has 0 atom stereocenters. The molecule has 1 heterocycles. The van der Waals surface area contributed by atoms with Gasteiger partial charge in [-0.1, -0.05) is 30.3 Å². The summed E-state index contributed by atoms with van der Waals surface area (Å²) in [7, 11) is 0. The molecule has 2 aromatic rings. The molecule has 1 saturated heterocycles. The molecule has 0 saturated carbocycles. The zero-order valence-electron chi connectivity index (χ0n) is 12.6. The Morgan fingerprint density at radius 3 is 2.38 bits per heavy atom. The van der Waals surface area contributed by atoms with Gasteiger partial charge in [-0.2, -0.15) is 0 Å². The number of Topliss-reactive ketones (excluding diaryl/α,β-unsaturated/α-hetero) is 1. The van der Waals surface area contributed by atoms with E-state index in [4.69, 9.17) is 5.73 Å². The zero-order chi connectivity index (χ0) is 17.1. The number of ketones is 1. The van der Waals surface area contributed by atoms with Crippen LogP contribution >= 0.6 is 11.8 Å².